The van der Waals surface area contributed by atoms with Crippen molar-refractivity contribution in [1.29, 1.82) is 0 Å². The van der Waals surface area contributed by atoms with Gasteiger partial charge in [-0.1, -0.05) is 53.9 Å². The summed E-state index contributed by atoms with van der Waals surface area (Å²) in [5.74, 6) is -0.104. The van der Waals surface area contributed by atoms with E-state index in [-0.39, 0.29) is 17.6 Å². The van der Waals surface area contributed by atoms with Gasteiger partial charge in [-0.05, 0) is 0 Å². The molecule has 0 unspecified atom stereocenters. The molecule has 1 fully saturated rings. The molecule has 23 heavy (non-hydrogen) atoms. The van der Waals surface area contributed by atoms with Crippen LogP contribution in [0.1, 0.15) is 0 Å². The lowest BCUT2D eigenvalue weighted by atomic mass is 10.2. The first-order chi connectivity index (χ1) is 11.2. The normalized spacial score (nSPS) is 15.7. The van der Waals surface area contributed by atoms with E-state index in [0.717, 1.165) is 17.3 Å². The van der Waals surface area contributed by atoms with Crippen molar-refractivity contribution >= 4 is 40.5 Å². The van der Waals surface area contributed by atoms with Crippen molar-refractivity contribution in [2.45, 2.75) is 5.16 Å². The van der Waals surface area contributed by atoms with Gasteiger partial charge in [0.05, 0.1) is 17.7 Å². The zero-order valence-electron chi connectivity index (χ0n) is 11.8. The molecular weight excluding hydrogens is 334 g/mol. The summed E-state index contributed by atoms with van der Waals surface area (Å²) >= 11 is 2.37. The number of aliphatic imine (C=N–C) groups is 1. The fourth-order valence-electron chi connectivity index (χ4n) is 1.73. The molecular formula is C14H11N5O2S2. The summed E-state index contributed by atoms with van der Waals surface area (Å²) in [6, 6.07) is 9.60. The minimum absolute atomic E-state index is 0.0896. The monoisotopic (exact) mass is 345 g/mol. The number of hydrogen-bond acceptors (Lipinski definition) is 7. The van der Waals surface area contributed by atoms with Crippen molar-refractivity contribution in [2.24, 2.45) is 4.99 Å². The fourth-order valence-corrected chi connectivity index (χ4v) is 2.96. The van der Waals surface area contributed by atoms with Crippen molar-refractivity contribution < 1.29 is 9.59 Å². The van der Waals surface area contributed by atoms with Crippen LogP contribution >= 0.6 is 23.5 Å². The summed E-state index contributed by atoms with van der Waals surface area (Å²) in [6.45, 7) is 0. The van der Waals surface area contributed by atoms with Crippen LogP contribution < -0.4 is 5.32 Å². The number of aromatic nitrogens is 3. The molecule has 1 saturated heterocycles. The van der Waals surface area contributed by atoms with Gasteiger partial charge < -0.3 is 5.32 Å². The molecule has 9 heteroatoms. The molecule has 0 aliphatic carbocycles. The average Bonchev–Trinajstić information content (AvgIpc) is 2.99. The van der Waals surface area contributed by atoms with E-state index in [2.05, 4.69) is 25.5 Å². The zero-order valence-corrected chi connectivity index (χ0v) is 13.4. The number of amidine groups is 1. The molecule has 0 bridgehead atoms. The summed E-state index contributed by atoms with van der Waals surface area (Å²) in [5, 5.41) is 11.4. The number of amides is 2. The summed E-state index contributed by atoms with van der Waals surface area (Å²) in [4.78, 5) is 30.7. The van der Waals surface area contributed by atoms with Gasteiger partial charge in [0.25, 0.3) is 5.91 Å². The largest absolute Gasteiger partial charge is 0.304 e. The summed E-state index contributed by atoms with van der Waals surface area (Å²) in [5.41, 5.74) is 1.60. The molecule has 0 spiro atoms. The van der Waals surface area contributed by atoms with E-state index in [1.807, 2.05) is 30.3 Å². The summed E-state index contributed by atoms with van der Waals surface area (Å²) in [7, 11) is 0. The first-order valence-electron chi connectivity index (χ1n) is 6.63. The van der Waals surface area contributed by atoms with Crippen molar-refractivity contribution in [2.75, 3.05) is 11.5 Å². The van der Waals surface area contributed by atoms with E-state index in [1.165, 1.54) is 11.8 Å². The Morgan fingerprint density at radius 2 is 2.13 bits per heavy atom. The van der Waals surface area contributed by atoms with Crippen LogP contribution in [0, 0.1) is 0 Å². The second kappa shape index (κ2) is 7.34. The van der Waals surface area contributed by atoms with E-state index in [1.54, 1.807) is 6.20 Å². The number of rotatable bonds is 4. The Labute approximate surface area is 140 Å². The highest BCUT2D eigenvalue weighted by atomic mass is 32.2. The molecule has 1 aromatic heterocycles. The van der Waals surface area contributed by atoms with Crippen molar-refractivity contribution in [1.82, 2.24) is 20.5 Å². The number of hydrogen-bond donors (Lipinski definition) is 1. The smallest absolute Gasteiger partial charge is 0.258 e. The Hall–Kier alpha value is -2.26. The van der Waals surface area contributed by atoms with Crippen molar-refractivity contribution in [3.8, 4) is 11.3 Å². The molecule has 0 atom stereocenters. The van der Waals surface area contributed by atoms with E-state index in [9.17, 15) is 9.59 Å². The van der Waals surface area contributed by atoms with Crippen molar-refractivity contribution in [3.05, 3.63) is 36.5 Å². The lowest BCUT2D eigenvalue weighted by Crippen LogP contribution is -2.21. The number of nitrogens with one attached hydrogen (secondary N) is 1. The first kappa shape index (κ1) is 15.6. The van der Waals surface area contributed by atoms with Crippen LogP contribution in [0.3, 0.4) is 0 Å². The molecule has 2 heterocycles. The third-order valence-electron chi connectivity index (χ3n) is 2.75. The topological polar surface area (TPSA) is 97.2 Å². The van der Waals surface area contributed by atoms with E-state index in [4.69, 9.17) is 0 Å². The second-order valence-corrected chi connectivity index (χ2v) is 6.33. The summed E-state index contributed by atoms with van der Waals surface area (Å²) < 4.78 is 0. The van der Waals surface area contributed by atoms with Gasteiger partial charge in [-0.15, -0.1) is 10.2 Å². The molecule has 1 N–H and O–H groups in total. The van der Waals surface area contributed by atoms with Crippen LogP contribution in [-0.2, 0) is 9.59 Å². The Kier molecular flexibility index (Phi) is 4.99. The van der Waals surface area contributed by atoms with E-state index >= 15 is 0 Å². The Balaban J connectivity index is 1.56. The van der Waals surface area contributed by atoms with Gasteiger partial charge in [-0.2, -0.15) is 4.99 Å². The number of nitrogens with zero attached hydrogens (tertiary/aromatic N) is 4. The average molecular weight is 345 g/mol. The van der Waals surface area contributed by atoms with Gasteiger partial charge in [0, 0.05) is 5.56 Å². The number of thioether (sulfide) groups is 2. The Bertz CT molecular complexity index is 750. The fraction of sp³-hybridized carbons (Fsp3) is 0.143. The summed E-state index contributed by atoms with van der Waals surface area (Å²) in [6.07, 6.45) is 1.62. The number of carbonyl (C=O) groups is 2. The molecule has 3 rings (SSSR count). The Morgan fingerprint density at radius 1 is 1.30 bits per heavy atom. The molecule has 0 saturated carbocycles. The van der Waals surface area contributed by atoms with E-state index in [0.29, 0.717) is 21.8 Å². The van der Waals surface area contributed by atoms with Gasteiger partial charge in [-0.3, -0.25) is 9.59 Å². The van der Waals surface area contributed by atoms with Crippen molar-refractivity contribution in [3.63, 3.8) is 0 Å². The lowest BCUT2D eigenvalue weighted by molar-refractivity contribution is -0.116. The maximum absolute atomic E-state index is 11.7. The third-order valence-corrected chi connectivity index (χ3v) is 4.46. The molecule has 2 aromatic rings. The Morgan fingerprint density at radius 3 is 2.78 bits per heavy atom. The van der Waals surface area contributed by atoms with Crippen LogP contribution in [0.15, 0.2) is 46.7 Å². The molecule has 1 aromatic carbocycles. The predicted octanol–water partition coefficient (Wildman–Crippen LogP) is 1.38. The van der Waals surface area contributed by atoms with Crippen LogP contribution in [0.25, 0.3) is 11.3 Å². The minimum Gasteiger partial charge on any atom is -0.304 e. The van der Waals surface area contributed by atoms with Crippen LogP contribution in [0.4, 0.5) is 0 Å². The lowest BCUT2D eigenvalue weighted by Gasteiger charge is -2.00. The van der Waals surface area contributed by atoms with Gasteiger partial charge in [0.2, 0.25) is 11.1 Å². The highest BCUT2D eigenvalue weighted by molar-refractivity contribution is 8.15. The van der Waals surface area contributed by atoms with Crippen LogP contribution in [0.2, 0.25) is 0 Å². The first-order valence-corrected chi connectivity index (χ1v) is 8.60. The maximum atomic E-state index is 11.7. The maximum Gasteiger partial charge on any atom is 0.258 e. The van der Waals surface area contributed by atoms with E-state index < -0.39 is 0 Å². The number of carbonyl (C=O) groups excluding carboxylic acids is 2. The highest BCUT2D eigenvalue weighted by Crippen LogP contribution is 2.17. The van der Waals surface area contributed by atoms with Gasteiger partial charge in [0.15, 0.2) is 5.17 Å². The molecule has 1 aliphatic heterocycles. The number of benzene rings is 1. The van der Waals surface area contributed by atoms with Gasteiger partial charge in [-0.25, -0.2) is 4.98 Å². The zero-order chi connectivity index (χ0) is 16.1. The molecule has 0 radical (unpaired) electrons. The van der Waals surface area contributed by atoms with Gasteiger partial charge >= 0.3 is 0 Å². The quantitative estimate of drug-likeness (QED) is 0.836. The minimum atomic E-state index is -0.351. The second-order valence-electron chi connectivity index (χ2n) is 4.43. The standard InChI is InChI=1S/C14H11N5O2S2/c20-11(16-14-17-12(21)8-23-14)7-22-13-15-6-10(18-19-13)9-4-2-1-3-5-9/h1-6H,7-8H2,(H,16,17,20,21). The molecule has 1 aliphatic rings. The van der Waals surface area contributed by atoms with Crippen LogP contribution in [0.5, 0.6) is 0 Å². The van der Waals surface area contributed by atoms with Crippen LogP contribution in [-0.4, -0.2) is 43.7 Å². The molecule has 116 valence electrons. The highest BCUT2D eigenvalue weighted by Gasteiger charge is 2.17. The predicted molar refractivity (Wildman–Crippen MR) is 89.0 cm³/mol. The van der Waals surface area contributed by atoms with Gasteiger partial charge in [0.1, 0.15) is 5.69 Å². The third kappa shape index (κ3) is 4.36. The molecule has 2 amide bonds. The SMILES string of the molecule is O=C(CSc1ncc(-c2ccccc2)nn1)N=C1NC(=O)CS1. The molecule has 7 nitrogen and oxygen atoms in total.